The van der Waals surface area contributed by atoms with E-state index in [1.165, 1.54) is 29.5 Å². The van der Waals surface area contributed by atoms with Crippen LogP contribution in [0.15, 0.2) is 47.0 Å². The topological polar surface area (TPSA) is 46.3 Å². The van der Waals surface area contributed by atoms with E-state index < -0.39 is 11.6 Å². The van der Waals surface area contributed by atoms with E-state index in [9.17, 15) is 13.6 Å². The van der Waals surface area contributed by atoms with Gasteiger partial charge in [-0.25, -0.2) is 13.8 Å². The largest absolute Gasteiger partial charge is 0.441 e. The molecular formula is C22H20F2N2O2. The van der Waals surface area contributed by atoms with Crippen LogP contribution in [0.4, 0.5) is 14.5 Å². The highest BCUT2D eigenvalue weighted by atomic mass is 19.1. The van der Waals surface area contributed by atoms with E-state index in [0.29, 0.717) is 18.9 Å². The highest BCUT2D eigenvalue weighted by molar-refractivity contribution is 5.94. The lowest BCUT2D eigenvalue weighted by Crippen LogP contribution is -2.35. The third-order valence-corrected chi connectivity index (χ3v) is 4.96. The molecule has 1 aromatic heterocycles. The summed E-state index contributed by atoms with van der Waals surface area (Å²) in [7, 11) is 0. The molecule has 4 rings (SSSR count). The third-order valence-electron chi connectivity index (χ3n) is 4.96. The Hall–Kier alpha value is -3.02. The molecule has 4 nitrogen and oxygen atoms in total. The van der Waals surface area contributed by atoms with E-state index in [0.717, 1.165) is 24.6 Å². The average molecular weight is 382 g/mol. The van der Waals surface area contributed by atoms with Gasteiger partial charge in [-0.2, -0.15) is 0 Å². The van der Waals surface area contributed by atoms with E-state index in [4.69, 9.17) is 4.42 Å². The maximum atomic E-state index is 13.9. The van der Waals surface area contributed by atoms with Crippen LogP contribution in [0.2, 0.25) is 0 Å². The summed E-state index contributed by atoms with van der Waals surface area (Å²) in [5.41, 5.74) is 3.51. The Balaban J connectivity index is 1.45. The van der Waals surface area contributed by atoms with Gasteiger partial charge in [-0.05, 0) is 43.5 Å². The van der Waals surface area contributed by atoms with Crippen molar-refractivity contribution in [2.75, 3.05) is 11.4 Å². The van der Waals surface area contributed by atoms with E-state index >= 15 is 0 Å². The molecule has 0 aliphatic carbocycles. The summed E-state index contributed by atoms with van der Waals surface area (Å²) < 4.78 is 32.5. The fourth-order valence-corrected chi connectivity index (χ4v) is 3.57. The number of anilines is 1. The van der Waals surface area contributed by atoms with Crippen molar-refractivity contribution in [2.45, 2.75) is 32.6 Å². The fourth-order valence-electron chi connectivity index (χ4n) is 3.57. The summed E-state index contributed by atoms with van der Waals surface area (Å²) >= 11 is 0. The number of carbonyl (C=O) groups is 1. The molecule has 2 aromatic carbocycles. The Morgan fingerprint density at radius 2 is 2.07 bits per heavy atom. The summed E-state index contributed by atoms with van der Waals surface area (Å²) in [5.74, 6) is -0.771. The summed E-state index contributed by atoms with van der Waals surface area (Å²) in [6, 6.07) is 9.43. The van der Waals surface area contributed by atoms with Crippen LogP contribution in [0.5, 0.6) is 0 Å². The quantitative estimate of drug-likeness (QED) is 0.649. The number of aryl methyl sites for hydroxylation is 3. The Morgan fingerprint density at radius 1 is 1.21 bits per heavy atom. The molecule has 6 heteroatoms. The number of amides is 1. The summed E-state index contributed by atoms with van der Waals surface area (Å²) in [5, 5.41) is 0. The van der Waals surface area contributed by atoms with Crippen molar-refractivity contribution >= 4 is 11.6 Å². The number of hydrogen-bond acceptors (Lipinski definition) is 3. The van der Waals surface area contributed by atoms with Crippen LogP contribution in [0.3, 0.4) is 0 Å². The van der Waals surface area contributed by atoms with Crippen LogP contribution in [0, 0.1) is 18.6 Å². The molecule has 0 fully saturated rings. The van der Waals surface area contributed by atoms with Crippen molar-refractivity contribution in [3.05, 3.63) is 71.2 Å². The minimum Gasteiger partial charge on any atom is -0.441 e. The number of benzene rings is 2. The van der Waals surface area contributed by atoms with Crippen LogP contribution < -0.4 is 4.90 Å². The number of aromatic nitrogens is 1. The number of oxazole rings is 1. The predicted octanol–water partition coefficient (Wildman–Crippen LogP) is 4.84. The molecule has 0 saturated heterocycles. The summed E-state index contributed by atoms with van der Waals surface area (Å²) in [6.07, 6.45) is 3.88. The first kappa shape index (κ1) is 18.3. The second-order valence-corrected chi connectivity index (χ2v) is 7.02. The lowest BCUT2D eigenvalue weighted by Gasteiger charge is -2.29. The van der Waals surface area contributed by atoms with Crippen molar-refractivity contribution in [3.63, 3.8) is 0 Å². The van der Waals surface area contributed by atoms with Gasteiger partial charge in [-0.1, -0.05) is 17.7 Å². The highest BCUT2D eigenvalue weighted by Gasteiger charge is 2.23. The lowest BCUT2D eigenvalue weighted by atomic mass is 9.99. The maximum absolute atomic E-state index is 13.9. The third kappa shape index (κ3) is 3.67. The van der Waals surface area contributed by atoms with Crippen molar-refractivity contribution in [1.29, 1.82) is 0 Å². The SMILES string of the molecule is Cc1ccc2c(c1)CCCN2C(=O)CCc1ncc(-c2ccc(F)cc2F)o1. The molecule has 1 amide bonds. The van der Waals surface area contributed by atoms with Gasteiger partial charge in [0, 0.05) is 31.1 Å². The van der Waals surface area contributed by atoms with Crippen molar-refractivity contribution < 1.29 is 18.0 Å². The van der Waals surface area contributed by atoms with Gasteiger partial charge in [0.1, 0.15) is 11.6 Å². The molecule has 0 saturated carbocycles. The van der Waals surface area contributed by atoms with Crippen molar-refractivity contribution in [1.82, 2.24) is 4.98 Å². The minimum atomic E-state index is -0.709. The van der Waals surface area contributed by atoms with Crippen LogP contribution in [-0.4, -0.2) is 17.4 Å². The van der Waals surface area contributed by atoms with E-state index in [1.807, 2.05) is 24.0 Å². The predicted molar refractivity (Wildman–Crippen MR) is 102 cm³/mol. The molecule has 0 unspecified atom stereocenters. The second kappa shape index (κ2) is 7.54. The van der Waals surface area contributed by atoms with Gasteiger partial charge >= 0.3 is 0 Å². The van der Waals surface area contributed by atoms with Crippen LogP contribution in [0.25, 0.3) is 11.3 Å². The number of nitrogens with zero attached hydrogens (tertiary/aromatic N) is 2. The Morgan fingerprint density at radius 3 is 2.89 bits per heavy atom. The van der Waals surface area contributed by atoms with Gasteiger partial charge < -0.3 is 9.32 Å². The standard InChI is InChI=1S/C22H20F2N2O2/c1-14-4-7-19-15(11-14)3-2-10-26(19)22(27)9-8-21-25-13-20(28-21)17-6-5-16(23)12-18(17)24/h4-7,11-13H,2-3,8-10H2,1H3. The first-order valence-electron chi connectivity index (χ1n) is 9.31. The van der Waals surface area contributed by atoms with Crippen LogP contribution in [0.1, 0.15) is 29.9 Å². The molecule has 0 N–H and O–H groups in total. The molecule has 144 valence electrons. The zero-order valence-corrected chi connectivity index (χ0v) is 15.5. The molecular weight excluding hydrogens is 362 g/mol. The normalized spacial score (nSPS) is 13.5. The first-order chi connectivity index (χ1) is 13.5. The minimum absolute atomic E-state index is 0.0116. The van der Waals surface area contributed by atoms with Gasteiger partial charge in [-0.15, -0.1) is 0 Å². The molecule has 28 heavy (non-hydrogen) atoms. The average Bonchev–Trinajstić information content (AvgIpc) is 3.14. The number of rotatable bonds is 4. The number of fused-ring (bicyclic) bond motifs is 1. The highest BCUT2D eigenvalue weighted by Crippen LogP contribution is 2.29. The zero-order valence-electron chi connectivity index (χ0n) is 15.5. The van der Waals surface area contributed by atoms with Gasteiger partial charge in [-0.3, -0.25) is 4.79 Å². The van der Waals surface area contributed by atoms with E-state index in [-0.39, 0.29) is 23.7 Å². The second-order valence-electron chi connectivity index (χ2n) is 7.02. The maximum Gasteiger partial charge on any atom is 0.227 e. The van der Waals surface area contributed by atoms with Crippen LogP contribution >= 0.6 is 0 Å². The van der Waals surface area contributed by atoms with Gasteiger partial charge in [0.15, 0.2) is 11.7 Å². The smallest absolute Gasteiger partial charge is 0.227 e. The first-order valence-corrected chi connectivity index (χ1v) is 9.31. The molecule has 1 aliphatic heterocycles. The molecule has 0 spiro atoms. The lowest BCUT2D eigenvalue weighted by molar-refractivity contribution is -0.118. The fraction of sp³-hybridized carbons (Fsp3) is 0.273. The summed E-state index contributed by atoms with van der Waals surface area (Å²) in [4.78, 5) is 18.7. The molecule has 3 aromatic rings. The molecule has 2 heterocycles. The van der Waals surface area contributed by atoms with Crippen molar-refractivity contribution in [3.8, 4) is 11.3 Å². The molecule has 1 aliphatic rings. The number of halogens is 2. The molecule has 0 radical (unpaired) electrons. The Labute approximate surface area is 161 Å². The Kier molecular flexibility index (Phi) is 4.94. The van der Waals surface area contributed by atoms with E-state index in [1.54, 1.807) is 0 Å². The van der Waals surface area contributed by atoms with Gasteiger partial charge in [0.25, 0.3) is 0 Å². The molecule has 0 atom stereocenters. The zero-order chi connectivity index (χ0) is 19.7. The Bertz CT molecular complexity index is 1030. The van der Waals surface area contributed by atoms with Gasteiger partial charge in [0.05, 0.1) is 11.8 Å². The van der Waals surface area contributed by atoms with Gasteiger partial charge in [0.2, 0.25) is 5.91 Å². The summed E-state index contributed by atoms with van der Waals surface area (Å²) in [6.45, 7) is 2.75. The van der Waals surface area contributed by atoms with Crippen LogP contribution in [-0.2, 0) is 17.6 Å². The number of carbonyl (C=O) groups excluding carboxylic acids is 1. The monoisotopic (exact) mass is 382 g/mol. The van der Waals surface area contributed by atoms with Crippen molar-refractivity contribution in [2.24, 2.45) is 0 Å². The number of hydrogen-bond donors (Lipinski definition) is 0. The molecule has 0 bridgehead atoms. The van der Waals surface area contributed by atoms with E-state index in [2.05, 4.69) is 11.1 Å².